The van der Waals surface area contributed by atoms with E-state index in [0.29, 0.717) is 0 Å². The Morgan fingerprint density at radius 3 is 1.60 bits per heavy atom. The Balaban J connectivity index is 4.57. The molecular weight excluding hydrogens is 246 g/mol. The molecule has 0 bridgehead atoms. The summed E-state index contributed by atoms with van der Waals surface area (Å²) in [6.07, 6.45) is 10.7. The molecule has 0 aromatic rings. The van der Waals surface area contributed by atoms with Crippen molar-refractivity contribution in [3.8, 4) is 0 Å². The van der Waals surface area contributed by atoms with Crippen molar-refractivity contribution in [1.29, 1.82) is 0 Å². The van der Waals surface area contributed by atoms with Gasteiger partial charge < -0.3 is 4.90 Å². The molecule has 0 rings (SSSR count). The molecule has 0 aromatic carbocycles. The lowest BCUT2D eigenvalue weighted by atomic mass is 10.1. The second-order valence-corrected chi connectivity index (χ2v) is 6.38. The monoisotopic (exact) mass is 284 g/mol. The first-order chi connectivity index (χ1) is 9.51. The number of quaternary nitrogens is 1. The number of aliphatic imine (C=N–C) groups is 1. The molecule has 0 aliphatic heterocycles. The minimum Gasteiger partial charge on any atom is -0.317 e. The highest BCUT2D eigenvalue weighted by atomic mass is 15.5. The van der Waals surface area contributed by atoms with Gasteiger partial charge >= 0.3 is 0 Å². The van der Waals surface area contributed by atoms with Crippen molar-refractivity contribution in [3.05, 3.63) is 0 Å². The highest BCUT2D eigenvalue weighted by molar-refractivity contribution is 5.72. The highest BCUT2D eigenvalue weighted by Crippen LogP contribution is 2.14. The van der Waals surface area contributed by atoms with Gasteiger partial charge in [0.2, 0.25) is 0 Å². The first kappa shape index (κ1) is 19.4. The number of unbranched alkanes of at least 4 members (excludes halogenated alkanes) is 6. The summed E-state index contributed by atoms with van der Waals surface area (Å²) in [5.41, 5.74) is 0. The van der Waals surface area contributed by atoms with E-state index < -0.39 is 0 Å². The lowest BCUT2D eigenvalue weighted by Crippen LogP contribution is -2.56. The van der Waals surface area contributed by atoms with Crippen LogP contribution in [0.4, 0.5) is 0 Å². The first-order valence-electron chi connectivity index (χ1n) is 8.51. The molecule has 0 N–H and O–H groups in total. The normalized spacial score (nSPS) is 12.8. The number of hydrogen-bond donors (Lipinski definition) is 0. The van der Waals surface area contributed by atoms with Crippen molar-refractivity contribution in [1.82, 2.24) is 4.90 Å². The molecule has 0 radical (unpaired) electrons. The number of guanidine groups is 1. The van der Waals surface area contributed by atoms with Crippen LogP contribution >= 0.6 is 0 Å². The highest BCUT2D eigenvalue weighted by Gasteiger charge is 2.29. The van der Waals surface area contributed by atoms with Gasteiger partial charge in [-0.05, 0) is 25.7 Å². The summed E-state index contributed by atoms with van der Waals surface area (Å²) in [6.45, 7) is 6.99. The van der Waals surface area contributed by atoms with Gasteiger partial charge in [-0.1, -0.05) is 39.5 Å². The molecule has 0 heterocycles. The van der Waals surface area contributed by atoms with Crippen LogP contribution in [-0.4, -0.2) is 56.6 Å². The average molecular weight is 285 g/mol. The molecule has 0 saturated heterocycles. The van der Waals surface area contributed by atoms with Crippen molar-refractivity contribution in [3.63, 3.8) is 0 Å². The predicted octanol–water partition coefficient (Wildman–Crippen LogP) is 4.14. The van der Waals surface area contributed by atoms with Crippen LogP contribution in [0.1, 0.15) is 65.2 Å². The van der Waals surface area contributed by atoms with Gasteiger partial charge in [0.05, 0.1) is 20.1 Å². The molecule has 0 spiro atoms. The van der Waals surface area contributed by atoms with E-state index in [1.165, 1.54) is 70.4 Å². The van der Waals surface area contributed by atoms with E-state index in [0.717, 1.165) is 4.48 Å². The SMILES string of the molecule is CCCCCC[N+](C)(CCCCCC)C(=NC)N(C)C. The molecule has 0 aromatic heterocycles. The fourth-order valence-corrected chi connectivity index (χ4v) is 3.01. The second kappa shape index (κ2) is 11.1. The van der Waals surface area contributed by atoms with E-state index in [-0.39, 0.29) is 0 Å². The Bertz CT molecular complexity index is 247. The van der Waals surface area contributed by atoms with Crippen molar-refractivity contribution in [2.24, 2.45) is 4.99 Å². The van der Waals surface area contributed by atoms with E-state index in [9.17, 15) is 0 Å². The first-order valence-corrected chi connectivity index (χ1v) is 8.51. The molecule has 0 fully saturated rings. The third kappa shape index (κ3) is 7.28. The van der Waals surface area contributed by atoms with Crippen LogP contribution in [0.5, 0.6) is 0 Å². The van der Waals surface area contributed by atoms with E-state index in [1.807, 2.05) is 7.05 Å². The van der Waals surface area contributed by atoms with Gasteiger partial charge in [0.25, 0.3) is 5.96 Å². The largest absolute Gasteiger partial charge is 0.317 e. The third-order valence-corrected chi connectivity index (χ3v) is 4.09. The Morgan fingerprint density at radius 1 is 0.850 bits per heavy atom. The summed E-state index contributed by atoms with van der Waals surface area (Å²) in [7, 11) is 8.54. The summed E-state index contributed by atoms with van der Waals surface area (Å²) in [6, 6.07) is 0. The maximum Gasteiger partial charge on any atom is 0.299 e. The topological polar surface area (TPSA) is 15.6 Å². The maximum absolute atomic E-state index is 4.57. The van der Waals surface area contributed by atoms with Crippen LogP contribution in [0.3, 0.4) is 0 Å². The zero-order valence-electron chi connectivity index (χ0n) is 14.9. The van der Waals surface area contributed by atoms with E-state index in [1.54, 1.807) is 0 Å². The Kier molecular flexibility index (Phi) is 10.8. The predicted molar refractivity (Wildman–Crippen MR) is 91.2 cm³/mol. The molecule has 0 saturated carbocycles. The average Bonchev–Trinajstić information content (AvgIpc) is 2.40. The molecule has 0 aliphatic carbocycles. The fourth-order valence-electron chi connectivity index (χ4n) is 3.01. The van der Waals surface area contributed by atoms with Crippen LogP contribution in [0.15, 0.2) is 4.99 Å². The van der Waals surface area contributed by atoms with E-state index in [2.05, 4.69) is 44.9 Å². The van der Waals surface area contributed by atoms with Crippen molar-refractivity contribution in [2.45, 2.75) is 65.2 Å². The zero-order chi connectivity index (χ0) is 15.4. The fraction of sp³-hybridized carbons (Fsp3) is 0.941. The van der Waals surface area contributed by atoms with Crippen molar-refractivity contribution in [2.75, 3.05) is 41.3 Å². The van der Waals surface area contributed by atoms with Gasteiger partial charge in [0, 0.05) is 21.1 Å². The maximum atomic E-state index is 4.57. The van der Waals surface area contributed by atoms with Gasteiger partial charge in [-0.25, -0.2) is 4.99 Å². The Labute approximate surface area is 127 Å². The van der Waals surface area contributed by atoms with Crippen molar-refractivity contribution < 1.29 is 4.48 Å². The molecule has 120 valence electrons. The van der Waals surface area contributed by atoms with Crippen LogP contribution in [0, 0.1) is 0 Å². The molecule has 0 amide bonds. The minimum atomic E-state index is 0.997. The summed E-state index contributed by atoms with van der Waals surface area (Å²) in [4.78, 5) is 6.77. The summed E-state index contributed by atoms with van der Waals surface area (Å²) in [5.74, 6) is 1.22. The van der Waals surface area contributed by atoms with Gasteiger partial charge in [0.15, 0.2) is 0 Å². The molecule has 3 heteroatoms. The van der Waals surface area contributed by atoms with Gasteiger partial charge in [-0.3, -0.25) is 4.48 Å². The van der Waals surface area contributed by atoms with Gasteiger partial charge in [-0.2, -0.15) is 0 Å². The van der Waals surface area contributed by atoms with Crippen LogP contribution in [-0.2, 0) is 0 Å². The molecule has 20 heavy (non-hydrogen) atoms. The molecule has 3 nitrogen and oxygen atoms in total. The summed E-state index contributed by atoms with van der Waals surface area (Å²) >= 11 is 0. The number of hydrogen-bond acceptors (Lipinski definition) is 1. The molecule has 0 aliphatic rings. The van der Waals surface area contributed by atoms with Crippen LogP contribution in [0.2, 0.25) is 0 Å². The summed E-state index contributed by atoms with van der Waals surface area (Å²) in [5, 5.41) is 0. The second-order valence-electron chi connectivity index (χ2n) is 6.38. The number of nitrogens with zero attached hydrogens (tertiary/aromatic N) is 3. The lowest BCUT2D eigenvalue weighted by Gasteiger charge is -2.37. The van der Waals surface area contributed by atoms with Gasteiger partial charge in [0.1, 0.15) is 0 Å². The van der Waals surface area contributed by atoms with Crippen LogP contribution < -0.4 is 0 Å². The molecule has 0 atom stereocenters. The zero-order valence-corrected chi connectivity index (χ0v) is 14.9. The number of rotatable bonds is 10. The molecular formula is C17H38N3+. The minimum absolute atomic E-state index is 0.997. The van der Waals surface area contributed by atoms with Crippen molar-refractivity contribution >= 4 is 5.96 Å². The molecule has 0 unspecified atom stereocenters. The van der Waals surface area contributed by atoms with Crippen LogP contribution in [0.25, 0.3) is 0 Å². The smallest absolute Gasteiger partial charge is 0.299 e. The third-order valence-electron chi connectivity index (χ3n) is 4.09. The Morgan fingerprint density at radius 2 is 1.30 bits per heavy atom. The lowest BCUT2D eigenvalue weighted by molar-refractivity contribution is -0.827. The van der Waals surface area contributed by atoms with E-state index >= 15 is 0 Å². The van der Waals surface area contributed by atoms with Gasteiger partial charge in [-0.15, -0.1) is 0 Å². The Hall–Kier alpha value is -0.570. The summed E-state index contributed by atoms with van der Waals surface area (Å²) < 4.78 is 0.997. The quantitative estimate of drug-likeness (QED) is 0.255. The standard InChI is InChI=1S/C17H38N3/c1-7-9-11-13-15-20(6,16-14-12-10-8-2)17(18-3)19(4)5/h7-16H2,1-6H3/q+1. The van der Waals surface area contributed by atoms with E-state index in [4.69, 9.17) is 0 Å².